The van der Waals surface area contributed by atoms with Crippen molar-refractivity contribution in [3.63, 3.8) is 0 Å². The van der Waals surface area contributed by atoms with E-state index in [0.717, 1.165) is 13.0 Å². The fourth-order valence-electron chi connectivity index (χ4n) is 2.52. The molecule has 5 nitrogen and oxygen atoms in total. The number of carbonyl (C=O) groups is 1. The van der Waals surface area contributed by atoms with E-state index < -0.39 is 0 Å². The number of hydrogen-bond acceptors (Lipinski definition) is 3. The number of aromatic nitrogens is 1. The highest BCUT2D eigenvalue weighted by molar-refractivity contribution is 5.92. The summed E-state index contributed by atoms with van der Waals surface area (Å²) in [5.41, 5.74) is 0.715. The minimum atomic E-state index is -0.276. The van der Waals surface area contributed by atoms with Gasteiger partial charge in [0.25, 0.3) is 5.91 Å². The van der Waals surface area contributed by atoms with E-state index in [1.165, 1.54) is 0 Å². The zero-order valence-corrected chi connectivity index (χ0v) is 11.6. The minimum Gasteiger partial charge on any atom is -0.394 e. The lowest BCUT2D eigenvalue weighted by atomic mass is 10.2. The van der Waals surface area contributed by atoms with E-state index in [2.05, 4.69) is 6.92 Å². The van der Waals surface area contributed by atoms with E-state index in [-0.39, 0.29) is 24.7 Å². The van der Waals surface area contributed by atoms with Gasteiger partial charge in [0.15, 0.2) is 0 Å². The molecule has 1 amide bonds. The lowest BCUT2D eigenvalue weighted by molar-refractivity contribution is -0.0860. The first-order valence-corrected chi connectivity index (χ1v) is 6.86. The Morgan fingerprint density at radius 1 is 1.53 bits per heavy atom. The van der Waals surface area contributed by atoms with Gasteiger partial charge in [0, 0.05) is 25.8 Å². The molecule has 5 heteroatoms. The molecule has 1 aromatic rings. The molecule has 0 aliphatic carbocycles. The van der Waals surface area contributed by atoms with Gasteiger partial charge in [-0.15, -0.1) is 0 Å². The van der Waals surface area contributed by atoms with Crippen molar-refractivity contribution in [3.05, 3.63) is 24.0 Å². The molecule has 2 unspecified atom stereocenters. The smallest absolute Gasteiger partial charge is 0.270 e. The van der Waals surface area contributed by atoms with Crippen molar-refractivity contribution >= 4 is 5.91 Å². The highest BCUT2D eigenvalue weighted by atomic mass is 16.5. The summed E-state index contributed by atoms with van der Waals surface area (Å²) in [6.45, 7) is 5.84. The summed E-state index contributed by atoms with van der Waals surface area (Å²) in [4.78, 5) is 14.3. The highest BCUT2D eigenvalue weighted by Crippen LogP contribution is 2.15. The number of carbonyl (C=O) groups excluding carboxylic acids is 1. The van der Waals surface area contributed by atoms with E-state index in [4.69, 9.17) is 4.74 Å². The second-order valence-corrected chi connectivity index (χ2v) is 5.05. The number of morpholine rings is 1. The molecule has 1 aromatic heterocycles. The fourth-order valence-corrected chi connectivity index (χ4v) is 2.52. The Bertz CT molecular complexity index is 430. The first-order chi connectivity index (χ1) is 9.15. The largest absolute Gasteiger partial charge is 0.394 e. The number of aryl methyl sites for hydroxylation is 1. The molecule has 0 aromatic carbocycles. The minimum absolute atomic E-state index is 0.0204. The number of aliphatic hydroxyl groups is 1. The predicted octanol–water partition coefficient (Wildman–Crippen LogP) is 1.12. The van der Waals surface area contributed by atoms with Crippen LogP contribution in [0.25, 0.3) is 0 Å². The molecule has 1 saturated heterocycles. The van der Waals surface area contributed by atoms with Crippen LogP contribution in [0.2, 0.25) is 0 Å². The Labute approximate surface area is 113 Å². The van der Waals surface area contributed by atoms with E-state index >= 15 is 0 Å². The third-order valence-electron chi connectivity index (χ3n) is 3.33. The van der Waals surface area contributed by atoms with Crippen LogP contribution in [0, 0.1) is 0 Å². The van der Waals surface area contributed by atoms with Crippen molar-refractivity contribution in [3.8, 4) is 0 Å². The Kier molecular flexibility index (Phi) is 4.61. The van der Waals surface area contributed by atoms with Crippen molar-refractivity contribution in [2.24, 2.45) is 0 Å². The van der Waals surface area contributed by atoms with Gasteiger partial charge in [0.05, 0.1) is 18.8 Å². The summed E-state index contributed by atoms with van der Waals surface area (Å²) in [5, 5.41) is 9.21. The summed E-state index contributed by atoms with van der Waals surface area (Å²) >= 11 is 0. The molecule has 1 N–H and O–H groups in total. The molecule has 1 fully saturated rings. The van der Waals surface area contributed by atoms with Gasteiger partial charge >= 0.3 is 0 Å². The fraction of sp³-hybridized carbons (Fsp3) is 0.643. The quantitative estimate of drug-likeness (QED) is 0.888. The van der Waals surface area contributed by atoms with Crippen molar-refractivity contribution in [2.75, 3.05) is 19.7 Å². The van der Waals surface area contributed by atoms with Crippen LogP contribution in [0.5, 0.6) is 0 Å². The molecule has 0 spiro atoms. The van der Waals surface area contributed by atoms with E-state index in [1.54, 1.807) is 4.90 Å². The zero-order chi connectivity index (χ0) is 13.8. The molecule has 106 valence electrons. The van der Waals surface area contributed by atoms with Crippen molar-refractivity contribution in [1.82, 2.24) is 9.47 Å². The van der Waals surface area contributed by atoms with Gasteiger partial charge in [-0.3, -0.25) is 4.79 Å². The average Bonchev–Trinajstić information content (AvgIpc) is 2.85. The Morgan fingerprint density at radius 2 is 2.32 bits per heavy atom. The summed E-state index contributed by atoms with van der Waals surface area (Å²) in [5.74, 6) is 0.0204. The van der Waals surface area contributed by atoms with Gasteiger partial charge < -0.3 is 19.3 Å². The second kappa shape index (κ2) is 6.21. The van der Waals surface area contributed by atoms with Gasteiger partial charge in [-0.25, -0.2) is 0 Å². The molecular formula is C14H22N2O3. The van der Waals surface area contributed by atoms with Crippen molar-refractivity contribution < 1.29 is 14.6 Å². The maximum absolute atomic E-state index is 12.5. The SMILES string of the molecule is CCCn1cccc1C(=O)N1CC(C)OC(CO)C1. The van der Waals surface area contributed by atoms with Crippen LogP contribution in [0.4, 0.5) is 0 Å². The monoisotopic (exact) mass is 266 g/mol. The molecular weight excluding hydrogens is 244 g/mol. The Hall–Kier alpha value is -1.33. The van der Waals surface area contributed by atoms with Crippen molar-refractivity contribution in [1.29, 1.82) is 0 Å². The normalized spacial score (nSPS) is 23.6. The summed E-state index contributed by atoms with van der Waals surface area (Å²) in [6, 6.07) is 3.75. The summed E-state index contributed by atoms with van der Waals surface area (Å²) in [7, 11) is 0. The van der Waals surface area contributed by atoms with Crippen LogP contribution in [-0.4, -0.2) is 52.4 Å². The third kappa shape index (κ3) is 3.16. The maximum atomic E-state index is 12.5. The maximum Gasteiger partial charge on any atom is 0.270 e. The number of nitrogens with zero attached hydrogens (tertiary/aromatic N) is 2. The second-order valence-electron chi connectivity index (χ2n) is 5.05. The molecule has 2 heterocycles. The van der Waals surface area contributed by atoms with Crippen LogP contribution in [0.15, 0.2) is 18.3 Å². The van der Waals surface area contributed by atoms with Crippen LogP contribution in [-0.2, 0) is 11.3 Å². The molecule has 1 aliphatic heterocycles. The zero-order valence-electron chi connectivity index (χ0n) is 11.6. The van der Waals surface area contributed by atoms with Gasteiger partial charge in [-0.05, 0) is 25.5 Å². The molecule has 2 rings (SSSR count). The van der Waals surface area contributed by atoms with Crippen molar-refractivity contribution in [2.45, 2.75) is 39.0 Å². The average molecular weight is 266 g/mol. The predicted molar refractivity (Wildman–Crippen MR) is 72.0 cm³/mol. The van der Waals surface area contributed by atoms with Crippen LogP contribution in [0.1, 0.15) is 30.8 Å². The van der Waals surface area contributed by atoms with Gasteiger partial charge in [-0.2, -0.15) is 0 Å². The molecule has 19 heavy (non-hydrogen) atoms. The molecule has 1 aliphatic rings. The highest BCUT2D eigenvalue weighted by Gasteiger charge is 2.29. The molecule has 2 atom stereocenters. The van der Waals surface area contributed by atoms with Crippen LogP contribution < -0.4 is 0 Å². The molecule has 0 saturated carbocycles. The number of hydrogen-bond donors (Lipinski definition) is 1. The van der Waals surface area contributed by atoms with Gasteiger partial charge in [0.1, 0.15) is 5.69 Å². The number of aliphatic hydroxyl groups excluding tert-OH is 1. The standard InChI is InChI=1S/C14H22N2O3/c1-3-6-15-7-4-5-13(15)14(18)16-8-11(2)19-12(9-16)10-17/h4-5,7,11-12,17H,3,6,8-10H2,1-2H3. The number of amides is 1. The van der Waals surface area contributed by atoms with Gasteiger partial charge in [-0.1, -0.05) is 6.92 Å². The summed E-state index contributed by atoms with van der Waals surface area (Å²) < 4.78 is 7.54. The van der Waals surface area contributed by atoms with E-state index in [9.17, 15) is 9.90 Å². The number of ether oxygens (including phenoxy) is 1. The first-order valence-electron chi connectivity index (χ1n) is 6.86. The number of rotatable bonds is 4. The topological polar surface area (TPSA) is 54.7 Å². The lowest BCUT2D eigenvalue weighted by Crippen LogP contribution is -2.50. The Morgan fingerprint density at radius 3 is 3.00 bits per heavy atom. The van der Waals surface area contributed by atoms with Crippen LogP contribution >= 0.6 is 0 Å². The molecule has 0 radical (unpaired) electrons. The van der Waals surface area contributed by atoms with E-state index in [1.807, 2.05) is 29.8 Å². The summed E-state index contributed by atoms with van der Waals surface area (Å²) in [6.07, 6.45) is 2.62. The van der Waals surface area contributed by atoms with Crippen LogP contribution in [0.3, 0.4) is 0 Å². The molecule has 0 bridgehead atoms. The Balaban J connectivity index is 2.11. The van der Waals surface area contributed by atoms with Gasteiger partial charge in [0.2, 0.25) is 0 Å². The first kappa shape index (κ1) is 14.1. The third-order valence-corrected chi connectivity index (χ3v) is 3.33. The van der Waals surface area contributed by atoms with E-state index in [0.29, 0.717) is 18.8 Å². The lowest BCUT2D eigenvalue weighted by Gasteiger charge is -2.36.